The number of halogens is 1. The van der Waals surface area contributed by atoms with Crippen molar-refractivity contribution in [3.05, 3.63) is 58.6 Å². The standard InChI is InChI=1S/C16H15BrN2O4S/c17-12-3-1-11(2-4-12)15(20)9-10-16(21)19-13-5-7-14(8-6-13)24(18,22)23/h1-8H,9-10H2,(H,19,21)(H2,18,22,23). The van der Waals surface area contributed by atoms with Gasteiger partial charge in [0, 0.05) is 28.6 Å². The van der Waals surface area contributed by atoms with Crippen molar-refractivity contribution in [3.63, 3.8) is 0 Å². The van der Waals surface area contributed by atoms with Gasteiger partial charge in [0.05, 0.1) is 4.90 Å². The van der Waals surface area contributed by atoms with E-state index in [1.807, 2.05) is 0 Å². The van der Waals surface area contributed by atoms with Gasteiger partial charge in [-0.3, -0.25) is 9.59 Å². The van der Waals surface area contributed by atoms with Gasteiger partial charge in [-0.05, 0) is 36.4 Å². The van der Waals surface area contributed by atoms with Gasteiger partial charge in [0.25, 0.3) is 0 Å². The van der Waals surface area contributed by atoms with Crippen LogP contribution >= 0.6 is 15.9 Å². The maximum absolute atomic E-state index is 12.0. The van der Waals surface area contributed by atoms with Gasteiger partial charge in [0.15, 0.2) is 5.78 Å². The molecular formula is C16H15BrN2O4S. The van der Waals surface area contributed by atoms with E-state index in [2.05, 4.69) is 21.2 Å². The number of rotatable bonds is 6. The molecule has 0 aliphatic heterocycles. The van der Waals surface area contributed by atoms with Crippen molar-refractivity contribution in [1.82, 2.24) is 0 Å². The van der Waals surface area contributed by atoms with E-state index in [-0.39, 0.29) is 29.4 Å². The Morgan fingerprint density at radius 3 is 2.08 bits per heavy atom. The van der Waals surface area contributed by atoms with Crippen molar-refractivity contribution in [2.75, 3.05) is 5.32 Å². The molecule has 0 saturated heterocycles. The molecule has 2 aromatic rings. The number of carbonyl (C=O) groups is 2. The van der Waals surface area contributed by atoms with Crippen LogP contribution in [0.2, 0.25) is 0 Å². The minimum absolute atomic E-state index is 0.0336. The lowest BCUT2D eigenvalue weighted by molar-refractivity contribution is -0.116. The zero-order valence-electron chi connectivity index (χ0n) is 12.5. The maximum Gasteiger partial charge on any atom is 0.238 e. The van der Waals surface area contributed by atoms with Crippen LogP contribution in [0.5, 0.6) is 0 Å². The summed E-state index contributed by atoms with van der Waals surface area (Å²) in [6.07, 6.45) is 0.120. The second-order valence-corrected chi connectivity index (χ2v) is 7.52. The molecule has 8 heteroatoms. The minimum atomic E-state index is -3.76. The molecule has 0 spiro atoms. The summed E-state index contributed by atoms with van der Waals surface area (Å²) < 4.78 is 23.2. The molecule has 2 rings (SSSR count). The first-order chi connectivity index (χ1) is 11.3. The monoisotopic (exact) mass is 410 g/mol. The van der Waals surface area contributed by atoms with E-state index in [1.165, 1.54) is 24.3 Å². The molecule has 3 N–H and O–H groups in total. The predicted octanol–water partition coefficient (Wildman–Crippen LogP) is 2.70. The molecule has 0 heterocycles. The lowest BCUT2D eigenvalue weighted by atomic mass is 10.1. The van der Waals surface area contributed by atoms with Crippen molar-refractivity contribution in [1.29, 1.82) is 0 Å². The van der Waals surface area contributed by atoms with Gasteiger partial charge in [-0.25, -0.2) is 13.6 Å². The number of ketones is 1. The van der Waals surface area contributed by atoms with Crippen molar-refractivity contribution in [2.24, 2.45) is 5.14 Å². The Balaban J connectivity index is 1.89. The quantitative estimate of drug-likeness (QED) is 0.713. The Bertz CT molecular complexity index is 847. The molecule has 0 fully saturated rings. The maximum atomic E-state index is 12.0. The molecule has 0 bridgehead atoms. The topological polar surface area (TPSA) is 106 Å². The van der Waals surface area contributed by atoms with Gasteiger partial charge in [-0.2, -0.15) is 0 Å². The van der Waals surface area contributed by atoms with Gasteiger partial charge in [0.2, 0.25) is 15.9 Å². The first-order valence-electron chi connectivity index (χ1n) is 6.97. The molecule has 0 aliphatic rings. The number of anilines is 1. The summed E-state index contributed by atoms with van der Waals surface area (Å²) in [4.78, 5) is 23.8. The number of amides is 1. The summed E-state index contributed by atoms with van der Waals surface area (Å²) in [5.41, 5.74) is 0.979. The fraction of sp³-hybridized carbons (Fsp3) is 0.125. The zero-order valence-corrected chi connectivity index (χ0v) is 14.9. The Hall–Kier alpha value is -2.03. The van der Waals surface area contributed by atoms with E-state index in [9.17, 15) is 18.0 Å². The molecule has 0 atom stereocenters. The smallest absolute Gasteiger partial charge is 0.238 e. The van der Waals surface area contributed by atoms with Gasteiger partial charge in [-0.15, -0.1) is 0 Å². The van der Waals surface area contributed by atoms with Crippen LogP contribution in [0, 0.1) is 0 Å². The summed E-state index contributed by atoms with van der Waals surface area (Å²) in [5.74, 6) is -0.453. The number of benzene rings is 2. The molecule has 0 radical (unpaired) electrons. The molecule has 1 amide bonds. The third-order valence-corrected chi connectivity index (χ3v) is 4.67. The van der Waals surface area contributed by atoms with Crippen molar-refractivity contribution < 1.29 is 18.0 Å². The highest BCUT2D eigenvalue weighted by molar-refractivity contribution is 9.10. The molecule has 0 aliphatic carbocycles. The average molecular weight is 411 g/mol. The average Bonchev–Trinajstić information content (AvgIpc) is 2.53. The fourth-order valence-corrected chi connectivity index (χ4v) is 2.74. The lowest BCUT2D eigenvalue weighted by Crippen LogP contribution is -2.14. The van der Waals surface area contributed by atoms with Crippen LogP contribution in [-0.2, 0) is 14.8 Å². The summed E-state index contributed by atoms with van der Waals surface area (Å²) in [6, 6.07) is 12.4. The number of primary sulfonamides is 1. The molecule has 0 unspecified atom stereocenters. The summed E-state index contributed by atoms with van der Waals surface area (Å²) in [7, 11) is -3.76. The second-order valence-electron chi connectivity index (χ2n) is 5.05. The van der Waals surface area contributed by atoms with E-state index in [4.69, 9.17) is 5.14 Å². The Morgan fingerprint density at radius 2 is 1.54 bits per heavy atom. The zero-order chi connectivity index (χ0) is 17.7. The van der Waals surface area contributed by atoms with Crippen molar-refractivity contribution in [2.45, 2.75) is 17.7 Å². The molecule has 126 valence electrons. The second kappa shape index (κ2) is 7.69. The van der Waals surface area contributed by atoms with Gasteiger partial charge in [0.1, 0.15) is 0 Å². The number of sulfonamides is 1. The van der Waals surface area contributed by atoms with Crippen LogP contribution in [0.3, 0.4) is 0 Å². The van der Waals surface area contributed by atoms with E-state index in [0.717, 1.165) is 4.47 Å². The number of nitrogens with two attached hydrogens (primary N) is 1. The van der Waals surface area contributed by atoms with Crippen LogP contribution in [-0.4, -0.2) is 20.1 Å². The number of nitrogens with one attached hydrogen (secondary N) is 1. The van der Waals surface area contributed by atoms with Gasteiger partial charge in [-0.1, -0.05) is 28.1 Å². The van der Waals surface area contributed by atoms with E-state index in [0.29, 0.717) is 11.3 Å². The van der Waals surface area contributed by atoms with Gasteiger partial charge < -0.3 is 5.32 Å². The molecular weight excluding hydrogens is 396 g/mol. The number of Topliss-reactive ketones (excluding diaryl/α,β-unsaturated/α-hetero) is 1. The van der Waals surface area contributed by atoms with Crippen LogP contribution in [0.15, 0.2) is 57.9 Å². The number of hydrogen-bond acceptors (Lipinski definition) is 4. The van der Waals surface area contributed by atoms with Crippen molar-refractivity contribution in [3.8, 4) is 0 Å². The lowest BCUT2D eigenvalue weighted by Gasteiger charge is -2.06. The van der Waals surface area contributed by atoms with Crippen LogP contribution in [0.1, 0.15) is 23.2 Å². The minimum Gasteiger partial charge on any atom is -0.326 e. The SMILES string of the molecule is NS(=O)(=O)c1ccc(NC(=O)CCC(=O)c2ccc(Br)cc2)cc1. The summed E-state index contributed by atoms with van der Waals surface area (Å²) >= 11 is 3.29. The first kappa shape index (κ1) is 18.3. The van der Waals surface area contributed by atoms with E-state index >= 15 is 0 Å². The first-order valence-corrected chi connectivity index (χ1v) is 9.31. The normalized spacial score (nSPS) is 11.1. The highest BCUT2D eigenvalue weighted by Crippen LogP contribution is 2.15. The van der Waals surface area contributed by atoms with Gasteiger partial charge >= 0.3 is 0 Å². The Morgan fingerprint density at radius 1 is 0.958 bits per heavy atom. The highest BCUT2D eigenvalue weighted by atomic mass is 79.9. The molecule has 2 aromatic carbocycles. The van der Waals surface area contributed by atoms with Crippen LogP contribution in [0.25, 0.3) is 0 Å². The third-order valence-electron chi connectivity index (χ3n) is 3.21. The Kier molecular flexibility index (Phi) is 5.87. The molecule has 24 heavy (non-hydrogen) atoms. The molecule has 0 saturated carbocycles. The summed E-state index contributed by atoms with van der Waals surface area (Å²) in [6.45, 7) is 0. The fourth-order valence-electron chi connectivity index (χ4n) is 1.96. The highest BCUT2D eigenvalue weighted by Gasteiger charge is 2.11. The van der Waals surface area contributed by atoms with E-state index in [1.54, 1.807) is 24.3 Å². The third kappa shape index (κ3) is 5.26. The summed E-state index contributed by atoms with van der Waals surface area (Å²) in [5, 5.41) is 7.60. The largest absolute Gasteiger partial charge is 0.326 e. The molecule has 6 nitrogen and oxygen atoms in total. The van der Waals surface area contributed by atoms with E-state index < -0.39 is 10.0 Å². The number of carbonyl (C=O) groups excluding carboxylic acids is 2. The van der Waals surface area contributed by atoms with Crippen LogP contribution < -0.4 is 10.5 Å². The Labute approximate surface area is 148 Å². The van der Waals surface area contributed by atoms with Crippen molar-refractivity contribution >= 4 is 43.3 Å². The number of hydrogen-bond donors (Lipinski definition) is 2. The van der Waals surface area contributed by atoms with Crippen LogP contribution in [0.4, 0.5) is 5.69 Å². The predicted molar refractivity (Wildman–Crippen MR) is 94.2 cm³/mol. The molecule has 0 aromatic heterocycles.